The highest BCUT2D eigenvalue weighted by molar-refractivity contribution is 6.03. The predicted octanol–water partition coefficient (Wildman–Crippen LogP) is 6.72. The third-order valence-electron chi connectivity index (χ3n) is 6.43. The molecule has 0 spiro atoms. The van der Waals surface area contributed by atoms with E-state index in [1.807, 2.05) is 66.7 Å². The quantitative estimate of drug-likeness (QED) is 0.229. The van der Waals surface area contributed by atoms with Gasteiger partial charge in [0.15, 0.2) is 0 Å². The molecule has 0 unspecified atom stereocenters. The maximum absolute atomic E-state index is 12.2. The molecule has 6 heteroatoms. The number of hydrogen-bond donors (Lipinski definition) is 2. The zero-order valence-electron chi connectivity index (χ0n) is 20.2. The molecule has 182 valence electrons. The smallest absolute Gasteiger partial charge is 0.352 e. The van der Waals surface area contributed by atoms with Gasteiger partial charge in [-0.1, -0.05) is 54.6 Å². The van der Waals surface area contributed by atoms with E-state index in [4.69, 9.17) is 14.2 Å². The molecular weight excluding hydrogens is 454 g/mol. The predicted molar refractivity (Wildman–Crippen MR) is 142 cm³/mol. The zero-order valence-corrected chi connectivity index (χ0v) is 20.2. The van der Waals surface area contributed by atoms with Gasteiger partial charge in [-0.3, -0.25) is 0 Å². The number of nitrogens with one attached hydrogen (secondary N) is 1. The number of methoxy groups -OCH3 is 2. The number of aromatic amines is 1. The number of ether oxygens (including phenoxy) is 3. The van der Waals surface area contributed by atoms with Gasteiger partial charge in [-0.05, 0) is 48.1 Å². The van der Waals surface area contributed by atoms with Crippen molar-refractivity contribution in [3.8, 4) is 28.4 Å². The number of fused-ring (bicyclic) bond motifs is 2. The molecule has 5 aromatic rings. The number of benzene rings is 4. The second-order valence-corrected chi connectivity index (χ2v) is 8.51. The maximum atomic E-state index is 12.2. The first kappa shape index (κ1) is 23.3. The molecule has 0 atom stereocenters. The molecule has 36 heavy (non-hydrogen) atoms. The molecule has 6 nitrogen and oxygen atoms in total. The Balaban J connectivity index is 1.45. The molecule has 1 aromatic heterocycles. The third-order valence-corrected chi connectivity index (χ3v) is 6.43. The van der Waals surface area contributed by atoms with Crippen molar-refractivity contribution in [1.82, 2.24) is 4.98 Å². The molecule has 4 aromatic carbocycles. The summed E-state index contributed by atoms with van der Waals surface area (Å²) in [5.74, 6) is 1.22. The topological polar surface area (TPSA) is 80.8 Å². The second kappa shape index (κ2) is 10.0. The van der Waals surface area contributed by atoms with Gasteiger partial charge >= 0.3 is 5.97 Å². The Bertz CT molecular complexity index is 1550. The van der Waals surface area contributed by atoms with Gasteiger partial charge in [-0.15, -0.1) is 0 Å². The van der Waals surface area contributed by atoms with Crippen molar-refractivity contribution in [1.29, 1.82) is 0 Å². The van der Waals surface area contributed by atoms with Crippen LogP contribution < -0.4 is 14.2 Å². The summed E-state index contributed by atoms with van der Waals surface area (Å²) in [4.78, 5) is 15.3. The number of carboxylic acid groups (broad SMARTS) is 1. The highest BCUT2D eigenvalue weighted by atomic mass is 16.5. The molecule has 0 saturated carbocycles. The lowest BCUT2D eigenvalue weighted by Crippen LogP contribution is -2.04. The summed E-state index contributed by atoms with van der Waals surface area (Å²) >= 11 is 0. The van der Waals surface area contributed by atoms with Crippen LogP contribution in [0.4, 0.5) is 0 Å². The van der Waals surface area contributed by atoms with Gasteiger partial charge < -0.3 is 24.3 Å². The zero-order chi connectivity index (χ0) is 25.1. The van der Waals surface area contributed by atoms with Crippen molar-refractivity contribution in [2.75, 3.05) is 20.8 Å². The summed E-state index contributed by atoms with van der Waals surface area (Å²) in [5.41, 5.74) is 3.40. The van der Waals surface area contributed by atoms with Crippen molar-refractivity contribution in [2.24, 2.45) is 0 Å². The van der Waals surface area contributed by atoms with Crippen molar-refractivity contribution in [3.05, 3.63) is 90.1 Å². The molecule has 2 N–H and O–H groups in total. The Morgan fingerprint density at radius 1 is 0.833 bits per heavy atom. The van der Waals surface area contributed by atoms with E-state index in [0.717, 1.165) is 44.1 Å². The van der Waals surface area contributed by atoms with E-state index in [0.29, 0.717) is 30.9 Å². The summed E-state index contributed by atoms with van der Waals surface area (Å²) in [6, 6.07) is 25.5. The monoisotopic (exact) mass is 481 g/mol. The van der Waals surface area contributed by atoms with Gasteiger partial charge in [0.2, 0.25) is 0 Å². The SMILES string of the molecule is COc1ccc(OC)c(-c2cccc3c(CCCOc4cccc5ccccc45)c(C(=O)O)[nH]c23)c1. The van der Waals surface area contributed by atoms with E-state index in [-0.39, 0.29) is 5.69 Å². The number of H-pyrrole nitrogens is 1. The number of hydrogen-bond acceptors (Lipinski definition) is 4. The fraction of sp³-hybridized carbons (Fsp3) is 0.167. The molecule has 0 aliphatic rings. The van der Waals surface area contributed by atoms with Crippen LogP contribution in [0.2, 0.25) is 0 Å². The summed E-state index contributed by atoms with van der Waals surface area (Å²) in [7, 11) is 3.23. The number of aromatic carboxylic acids is 1. The average Bonchev–Trinajstić information content (AvgIpc) is 3.30. The van der Waals surface area contributed by atoms with Crippen LogP contribution in [-0.4, -0.2) is 36.9 Å². The molecule has 0 saturated heterocycles. The van der Waals surface area contributed by atoms with Crippen LogP contribution in [0.5, 0.6) is 17.2 Å². The van der Waals surface area contributed by atoms with Gasteiger partial charge in [0.1, 0.15) is 22.9 Å². The van der Waals surface area contributed by atoms with Crippen LogP contribution in [0.1, 0.15) is 22.5 Å². The minimum Gasteiger partial charge on any atom is -0.497 e. The molecule has 5 rings (SSSR count). The normalized spacial score (nSPS) is 11.1. The summed E-state index contributed by atoms with van der Waals surface area (Å²) < 4.78 is 17.1. The van der Waals surface area contributed by atoms with Crippen LogP contribution in [0.25, 0.3) is 32.8 Å². The first-order chi connectivity index (χ1) is 17.6. The van der Waals surface area contributed by atoms with Crippen molar-refractivity contribution < 1.29 is 24.1 Å². The lowest BCUT2D eigenvalue weighted by atomic mass is 9.99. The number of para-hydroxylation sites is 1. The average molecular weight is 482 g/mol. The highest BCUT2D eigenvalue weighted by Gasteiger charge is 2.20. The minimum atomic E-state index is -0.986. The van der Waals surface area contributed by atoms with Gasteiger partial charge in [-0.25, -0.2) is 4.79 Å². The molecular formula is C30H27NO5. The van der Waals surface area contributed by atoms with Crippen LogP contribution in [-0.2, 0) is 6.42 Å². The standard InChI is InChI=1S/C30H27NO5/c1-34-20-15-16-26(35-2)25(18-20)24-12-6-11-22-23(29(30(32)33)31-28(22)24)13-7-17-36-27-14-5-9-19-8-3-4-10-21(19)27/h3-6,8-12,14-16,18,31H,7,13,17H2,1-2H3,(H,32,33). The number of rotatable bonds is 9. The van der Waals surface area contributed by atoms with Crippen LogP contribution in [0, 0.1) is 0 Å². The number of carboxylic acids is 1. The van der Waals surface area contributed by atoms with E-state index in [2.05, 4.69) is 17.1 Å². The van der Waals surface area contributed by atoms with Crippen molar-refractivity contribution in [2.45, 2.75) is 12.8 Å². The Morgan fingerprint density at radius 3 is 2.42 bits per heavy atom. The first-order valence-electron chi connectivity index (χ1n) is 11.8. The molecule has 1 heterocycles. The molecule has 0 bridgehead atoms. The highest BCUT2D eigenvalue weighted by Crippen LogP contribution is 2.39. The Hall–Kier alpha value is -4.45. The summed E-state index contributed by atoms with van der Waals surface area (Å²) in [6.07, 6.45) is 1.23. The summed E-state index contributed by atoms with van der Waals surface area (Å²) in [5, 5.41) is 13.0. The molecule has 0 aliphatic heterocycles. The van der Waals surface area contributed by atoms with Crippen molar-refractivity contribution in [3.63, 3.8) is 0 Å². The van der Waals surface area contributed by atoms with E-state index >= 15 is 0 Å². The molecule has 0 aliphatic carbocycles. The van der Waals surface area contributed by atoms with Crippen molar-refractivity contribution >= 4 is 27.6 Å². The van der Waals surface area contributed by atoms with Crippen LogP contribution in [0.3, 0.4) is 0 Å². The van der Waals surface area contributed by atoms with Gasteiger partial charge in [0.05, 0.1) is 26.3 Å². The summed E-state index contributed by atoms with van der Waals surface area (Å²) in [6.45, 7) is 0.475. The molecule has 0 amide bonds. The van der Waals surface area contributed by atoms with E-state index in [9.17, 15) is 9.90 Å². The van der Waals surface area contributed by atoms with E-state index in [1.165, 1.54) is 0 Å². The largest absolute Gasteiger partial charge is 0.497 e. The van der Waals surface area contributed by atoms with E-state index < -0.39 is 5.97 Å². The fourth-order valence-electron chi connectivity index (χ4n) is 4.72. The van der Waals surface area contributed by atoms with E-state index in [1.54, 1.807) is 14.2 Å². The maximum Gasteiger partial charge on any atom is 0.352 e. The van der Waals surface area contributed by atoms with Gasteiger partial charge in [0, 0.05) is 21.9 Å². The van der Waals surface area contributed by atoms with Crippen LogP contribution in [0.15, 0.2) is 78.9 Å². The Labute approximate surface area is 209 Å². The first-order valence-corrected chi connectivity index (χ1v) is 11.8. The fourth-order valence-corrected chi connectivity index (χ4v) is 4.72. The van der Waals surface area contributed by atoms with Gasteiger partial charge in [0.25, 0.3) is 0 Å². The number of aromatic nitrogens is 1. The second-order valence-electron chi connectivity index (χ2n) is 8.51. The number of carbonyl (C=O) groups is 1. The Kier molecular flexibility index (Phi) is 6.50. The lowest BCUT2D eigenvalue weighted by molar-refractivity contribution is 0.0690. The minimum absolute atomic E-state index is 0.199. The Morgan fingerprint density at radius 2 is 1.61 bits per heavy atom. The number of aryl methyl sites for hydroxylation is 1. The molecule has 0 fully saturated rings. The lowest BCUT2D eigenvalue weighted by Gasteiger charge is -2.12. The van der Waals surface area contributed by atoms with Gasteiger partial charge in [-0.2, -0.15) is 0 Å². The molecule has 0 radical (unpaired) electrons. The third kappa shape index (κ3) is 4.33. The van der Waals surface area contributed by atoms with Crippen LogP contribution >= 0.6 is 0 Å².